The van der Waals surface area contributed by atoms with Gasteiger partial charge in [0.2, 0.25) is 11.8 Å². The zero-order chi connectivity index (χ0) is 27.9. The van der Waals surface area contributed by atoms with Gasteiger partial charge in [-0.05, 0) is 37.3 Å². The van der Waals surface area contributed by atoms with E-state index >= 15 is 0 Å². The van der Waals surface area contributed by atoms with Crippen LogP contribution in [0.25, 0.3) is 0 Å². The molecule has 2 aromatic heterocycles. The van der Waals surface area contributed by atoms with Crippen molar-refractivity contribution >= 4 is 40.8 Å². The number of hydrogen-bond donors (Lipinski definition) is 3. The minimum Gasteiger partial charge on any atom is -0.481 e. The smallest absolute Gasteiger partial charge is 0.225 e. The highest BCUT2D eigenvalue weighted by molar-refractivity contribution is 6.16. The predicted molar refractivity (Wildman–Crippen MR) is 150 cm³/mol. The number of carbonyl (C=O) groups is 1. The summed E-state index contributed by atoms with van der Waals surface area (Å²) in [6.07, 6.45) is 2.00. The number of likely N-dealkylation sites (N-methyl/N-ethyl adjacent to an activating group) is 1. The van der Waals surface area contributed by atoms with Gasteiger partial charge in [-0.2, -0.15) is 9.37 Å². The highest BCUT2D eigenvalue weighted by Gasteiger charge is 2.24. The minimum absolute atomic E-state index is 0.0129. The van der Waals surface area contributed by atoms with Gasteiger partial charge < -0.3 is 20.7 Å². The molecular formula is C28H27FN8O2. The fourth-order valence-electron chi connectivity index (χ4n) is 3.94. The molecule has 2 heterocycles. The quantitative estimate of drug-likeness (QED) is 0.125. The van der Waals surface area contributed by atoms with Crippen molar-refractivity contribution in [1.82, 2.24) is 15.0 Å². The van der Waals surface area contributed by atoms with Crippen molar-refractivity contribution in [1.29, 1.82) is 5.41 Å². The second kappa shape index (κ2) is 11.9. The molecule has 0 bridgehead atoms. The number of rotatable bonds is 9. The summed E-state index contributed by atoms with van der Waals surface area (Å²) in [6, 6.07) is 18.9. The number of nitrogens with two attached hydrogens (primary N) is 1. The van der Waals surface area contributed by atoms with Crippen molar-refractivity contribution in [2.45, 2.75) is 13.0 Å². The molecule has 1 atom stereocenters. The zero-order valence-corrected chi connectivity index (χ0v) is 21.6. The van der Waals surface area contributed by atoms with Crippen LogP contribution in [0.3, 0.4) is 0 Å². The highest BCUT2D eigenvalue weighted by atomic mass is 19.1. The molecule has 0 fully saturated rings. The molecule has 0 aliphatic carbocycles. The molecule has 2 aromatic carbocycles. The molecule has 0 saturated heterocycles. The lowest BCUT2D eigenvalue weighted by atomic mass is 10.0. The molecule has 198 valence electrons. The molecule has 10 nitrogen and oxygen atoms in total. The lowest BCUT2D eigenvalue weighted by Gasteiger charge is -2.28. The number of ether oxygens (including phenoxy) is 1. The number of hydrogen-bond acceptors (Lipinski definition) is 9. The Morgan fingerprint density at radius 2 is 1.85 bits per heavy atom. The van der Waals surface area contributed by atoms with Gasteiger partial charge in [0.15, 0.2) is 6.29 Å². The van der Waals surface area contributed by atoms with E-state index < -0.39 is 12.0 Å². The van der Waals surface area contributed by atoms with E-state index in [0.717, 1.165) is 12.0 Å². The molecule has 4 rings (SSSR count). The van der Waals surface area contributed by atoms with Gasteiger partial charge in [-0.3, -0.25) is 10.2 Å². The number of aliphatic imine (C=N–C) groups is 1. The van der Waals surface area contributed by atoms with Crippen LogP contribution in [0, 0.1) is 11.4 Å². The molecule has 0 spiro atoms. The summed E-state index contributed by atoms with van der Waals surface area (Å²) >= 11 is 0. The summed E-state index contributed by atoms with van der Waals surface area (Å²) in [6.45, 7) is 1.85. The van der Waals surface area contributed by atoms with Crippen LogP contribution in [0.2, 0.25) is 0 Å². The van der Waals surface area contributed by atoms with Crippen molar-refractivity contribution < 1.29 is 13.9 Å². The predicted octanol–water partition coefficient (Wildman–Crippen LogP) is 4.50. The Hall–Kier alpha value is -5.19. The average Bonchev–Trinajstić information content (AvgIpc) is 2.95. The largest absolute Gasteiger partial charge is 0.481 e. The lowest BCUT2D eigenvalue weighted by molar-refractivity contribution is 0.112. The molecule has 4 N–H and O–H groups in total. The first-order valence-corrected chi connectivity index (χ1v) is 11.9. The Morgan fingerprint density at radius 3 is 2.54 bits per heavy atom. The van der Waals surface area contributed by atoms with Gasteiger partial charge in [0, 0.05) is 24.4 Å². The van der Waals surface area contributed by atoms with E-state index in [0.29, 0.717) is 17.1 Å². The average molecular weight is 527 g/mol. The maximum atomic E-state index is 14.7. The summed E-state index contributed by atoms with van der Waals surface area (Å²) in [7, 11) is 3.23. The van der Waals surface area contributed by atoms with E-state index in [1.807, 2.05) is 49.2 Å². The number of aromatic nitrogens is 3. The van der Waals surface area contributed by atoms with Crippen molar-refractivity contribution in [3.8, 4) is 5.88 Å². The Kier molecular flexibility index (Phi) is 8.20. The van der Waals surface area contributed by atoms with E-state index in [1.54, 1.807) is 24.3 Å². The number of amidine groups is 1. The van der Waals surface area contributed by atoms with Crippen molar-refractivity contribution in [2.75, 3.05) is 30.1 Å². The van der Waals surface area contributed by atoms with Crippen molar-refractivity contribution in [3.05, 3.63) is 95.7 Å². The van der Waals surface area contributed by atoms with Gasteiger partial charge in [-0.25, -0.2) is 15.0 Å². The van der Waals surface area contributed by atoms with Crippen LogP contribution in [-0.2, 0) is 0 Å². The van der Waals surface area contributed by atoms with Crippen LogP contribution in [0.5, 0.6) is 5.88 Å². The van der Waals surface area contributed by atoms with Gasteiger partial charge in [0.1, 0.15) is 23.8 Å². The van der Waals surface area contributed by atoms with E-state index in [4.69, 9.17) is 20.9 Å². The molecule has 39 heavy (non-hydrogen) atoms. The number of carbonyl (C=O) groups excluding carboxylic acids is 1. The number of anilines is 3. The SMILES string of the molecule is COc1ccc(C(=N)c2c(N)ncnc2NC(C)/C(=N/c2ccccc2C=O)N(C)c2ccccc2)c(F)n1. The van der Waals surface area contributed by atoms with Gasteiger partial charge >= 0.3 is 0 Å². The number of pyridine rings is 1. The molecule has 11 heteroatoms. The van der Waals surface area contributed by atoms with Crippen LogP contribution in [0.15, 0.2) is 78.0 Å². The maximum absolute atomic E-state index is 14.7. The summed E-state index contributed by atoms with van der Waals surface area (Å²) in [5, 5.41) is 12.0. The summed E-state index contributed by atoms with van der Waals surface area (Å²) < 4.78 is 19.7. The molecule has 0 aliphatic rings. The van der Waals surface area contributed by atoms with Crippen molar-refractivity contribution in [3.63, 3.8) is 0 Å². The Bertz CT molecular complexity index is 1530. The van der Waals surface area contributed by atoms with E-state index in [2.05, 4.69) is 20.3 Å². The fourth-order valence-corrected chi connectivity index (χ4v) is 3.94. The van der Waals surface area contributed by atoms with Crippen LogP contribution in [0.1, 0.15) is 28.4 Å². The molecule has 4 aromatic rings. The number of para-hydroxylation sites is 2. The van der Waals surface area contributed by atoms with E-state index in [9.17, 15) is 9.18 Å². The molecule has 0 saturated carbocycles. The normalized spacial score (nSPS) is 11.9. The molecule has 0 amide bonds. The zero-order valence-electron chi connectivity index (χ0n) is 21.6. The summed E-state index contributed by atoms with van der Waals surface area (Å²) in [5.74, 6) is -0.0801. The number of nitrogen functional groups attached to an aromatic ring is 1. The third-order valence-corrected chi connectivity index (χ3v) is 5.95. The topological polar surface area (TPSA) is 142 Å². The number of benzene rings is 2. The molecule has 1 unspecified atom stereocenters. The van der Waals surface area contributed by atoms with Crippen molar-refractivity contribution in [2.24, 2.45) is 4.99 Å². The van der Waals surface area contributed by atoms with E-state index in [1.165, 1.54) is 25.6 Å². The number of aldehydes is 1. The second-order valence-corrected chi connectivity index (χ2v) is 8.46. The second-order valence-electron chi connectivity index (χ2n) is 8.46. The Balaban J connectivity index is 1.76. The number of methoxy groups -OCH3 is 1. The third-order valence-electron chi connectivity index (χ3n) is 5.95. The first-order chi connectivity index (χ1) is 18.8. The highest BCUT2D eigenvalue weighted by Crippen LogP contribution is 2.26. The van der Waals surface area contributed by atoms with Gasteiger partial charge in [0.05, 0.1) is 35.7 Å². The number of nitrogens with one attached hydrogen (secondary N) is 2. The standard InChI is InChI=1S/C28H27FN8O2/c1-17(28(37(2)19-10-5-4-6-11-19)35-21-12-8-7-9-18(21)15-38)34-27-23(26(31)32-16-33-27)24(30)20-13-14-22(39-3)36-25(20)29/h4-17,30H,1-3H3,(H3,31,32,33,34)/b30-24?,35-28-. The third kappa shape index (κ3) is 5.87. The Morgan fingerprint density at radius 1 is 1.13 bits per heavy atom. The summed E-state index contributed by atoms with van der Waals surface area (Å²) in [4.78, 5) is 30.4. The first-order valence-electron chi connectivity index (χ1n) is 11.9. The van der Waals surface area contributed by atoms with Gasteiger partial charge in [0.25, 0.3) is 0 Å². The van der Waals surface area contributed by atoms with Crippen LogP contribution in [-0.4, -0.2) is 53.0 Å². The monoisotopic (exact) mass is 526 g/mol. The lowest BCUT2D eigenvalue weighted by Crippen LogP contribution is -2.40. The first kappa shape index (κ1) is 26.9. The van der Waals surface area contributed by atoms with Crippen LogP contribution in [0.4, 0.5) is 27.4 Å². The summed E-state index contributed by atoms with van der Waals surface area (Å²) in [5.41, 5.74) is 7.68. The van der Waals surface area contributed by atoms with Gasteiger partial charge in [-0.1, -0.05) is 30.3 Å². The molecular weight excluding hydrogens is 499 g/mol. The van der Waals surface area contributed by atoms with Crippen LogP contribution < -0.4 is 20.7 Å². The number of halogens is 1. The molecule has 0 aliphatic heterocycles. The van der Waals surface area contributed by atoms with Crippen LogP contribution >= 0.6 is 0 Å². The van der Waals surface area contributed by atoms with Gasteiger partial charge in [-0.15, -0.1) is 0 Å². The number of nitrogens with zero attached hydrogens (tertiary/aromatic N) is 5. The fraction of sp³-hybridized carbons (Fsp3) is 0.143. The minimum atomic E-state index is -0.891. The maximum Gasteiger partial charge on any atom is 0.225 e. The van der Waals surface area contributed by atoms with E-state index in [-0.39, 0.29) is 34.4 Å². The molecule has 0 radical (unpaired) electrons. The Labute approximate surface area is 224 Å².